The van der Waals surface area contributed by atoms with Crippen LogP contribution < -0.4 is 0 Å². The quantitative estimate of drug-likeness (QED) is 0.378. The van der Waals surface area contributed by atoms with Gasteiger partial charge in [0.15, 0.2) is 0 Å². The topological polar surface area (TPSA) is 25.8 Å². The molecule has 0 saturated carbocycles. The molecular weight excluding hydrogens is 347 g/mol. The Hall–Kier alpha value is 0.280. The molecule has 0 aromatic carbocycles. The van der Waals surface area contributed by atoms with E-state index in [4.69, 9.17) is 23.2 Å². The van der Waals surface area contributed by atoms with E-state index in [1.807, 2.05) is 24.3 Å². The van der Waals surface area contributed by atoms with E-state index in [9.17, 15) is 0 Å². The van der Waals surface area contributed by atoms with Crippen molar-refractivity contribution in [2.45, 2.75) is 10.1 Å². The summed E-state index contributed by atoms with van der Waals surface area (Å²) in [4.78, 5) is 8.36. The van der Waals surface area contributed by atoms with E-state index in [-0.39, 0.29) is 0 Å². The Balaban J connectivity index is 1.76. The number of hydrogen-bond acceptors (Lipinski definition) is 6. The van der Waals surface area contributed by atoms with Crippen molar-refractivity contribution in [3.63, 3.8) is 0 Å². The summed E-state index contributed by atoms with van der Waals surface area (Å²) >= 11 is 11.6. The molecule has 0 N–H and O–H groups in total. The van der Waals surface area contributed by atoms with Crippen LogP contribution >= 0.6 is 64.4 Å². The summed E-state index contributed by atoms with van der Waals surface area (Å²) in [6, 6.07) is 11.1. The van der Waals surface area contributed by atoms with Gasteiger partial charge in [0, 0.05) is 0 Å². The molecule has 0 aliphatic rings. The molecule has 0 fully saturated rings. The lowest BCUT2D eigenvalue weighted by Crippen LogP contribution is -1.76. The van der Waals surface area contributed by atoms with Gasteiger partial charge in [-0.2, -0.15) is 0 Å². The second kappa shape index (κ2) is 7.77. The van der Waals surface area contributed by atoms with E-state index >= 15 is 0 Å². The minimum absolute atomic E-state index is 0.509. The van der Waals surface area contributed by atoms with Gasteiger partial charge in [-0.15, -0.1) is 0 Å². The summed E-state index contributed by atoms with van der Waals surface area (Å²) in [7, 11) is 6.34. The molecule has 0 aliphatic heterocycles. The van der Waals surface area contributed by atoms with Gasteiger partial charge >= 0.3 is 0 Å². The minimum atomic E-state index is 0.509. The molecule has 2 heterocycles. The lowest BCUT2D eigenvalue weighted by Gasteiger charge is -2.00. The summed E-state index contributed by atoms with van der Waals surface area (Å²) in [5, 5.41) is 2.80. The number of nitrogens with zero attached hydrogens (tertiary/aromatic N) is 2. The molecule has 0 atom stereocenters. The van der Waals surface area contributed by atoms with E-state index in [0.717, 1.165) is 10.1 Å². The lowest BCUT2D eigenvalue weighted by atomic mass is 10.5. The summed E-state index contributed by atoms with van der Waals surface area (Å²) in [5.74, 6) is 0. The Labute approximate surface area is 130 Å². The van der Waals surface area contributed by atoms with E-state index in [2.05, 4.69) is 9.97 Å². The van der Waals surface area contributed by atoms with Crippen molar-refractivity contribution in [2.75, 3.05) is 0 Å². The molecular formula is C10H6Cl2N2S4. The van der Waals surface area contributed by atoms with Gasteiger partial charge in [-0.3, -0.25) is 0 Å². The monoisotopic (exact) mass is 352 g/mol. The van der Waals surface area contributed by atoms with Crippen molar-refractivity contribution < 1.29 is 0 Å². The molecule has 0 unspecified atom stereocenters. The van der Waals surface area contributed by atoms with E-state index < -0.39 is 0 Å². The van der Waals surface area contributed by atoms with E-state index in [1.165, 1.54) is 0 Å². The average molecular weight is 353 g/mol. The van der Waals surface area contributed by atoms with Gasteiger partial charge in [-0.1, -0.05) is 35.3 Å². The van der Waals surface area contributed by atoms with Crippen molar-refractivity contribution in [1.29, 1.82) is 0 Å². The molecule has 2 aromatic rings. The Morgan fingerprint density at radius 2 is 1.17 bits per heavy atom. The van der Waals surface area contributed by atoms with Crippen LogP contribution in [0.25, 0.3) is 0 Å². The van der Waals surface area contributed by atoms with Crippen molar-refractivity contribution in [3.8, 4) is 0 Å². The molecule has 0 radical (unpaired) electrons. The highest BCUT2D eigenvalue weighted by molar-refractivity contribution is 9.26. The Bertz CT molecular complexity index is 479. The van der Waals surface area contributed by atoms with Crippen molar-refractivity contribution in [3.05, 3.63) is 46.7 Å². The number of pyridine rings is 2. The summed E-state index contributed by atoms with van der Waals surface area (Å²) in [5.41, 5.74) is 0. The lowest BCUT2D eigenvalue weighted by molar-refractivity contribution is 1.14. The van der Waals surface area contributed by atoms with E-state index in [1.54, 1.807) is 53.4 Å². The summed E-state index contributed by atoms with van der Waals surface area (Å²) < 4.78 is 0. The second-order valence-corrected chi connectivity index (χ2v) is 9.38. The number of halogens is 2. The summed E-state index contributed by atoms with van der Waals surface area (Å²) in [6.45, 7) is 0. The Kier molecular flexibility index (Phi) is 6.34. The van der Waals surface area contributed by atoms with Gasteiger partial charge in [0.05, 0.1) is 0 Å². The van der Waals surface area contributed by atoms with Gasteiger partial charge in [0.25, 0.3) is 0 Å². The SMILES string of the molecule is Clc1cccc(SSSSc2cccc(Cl)n2)n1. The van der Waals surface area contributed by atoms with Crippen LogP contribution in [0.2, 0.25) is 10.3 Å². The fourth-order valence-corrected chi connectivity index (χ4v) is 6.53. The highest BCUT2D eigenvalue weighted by atomic mass is 35.5. The highest BCUT2D eigenvalue weighted by Gasteiger charge is 2.01. The molecule has 0 bridgehead atoms. The third-order valence-electron chi connectivity index (χ3n) is 1.65. The fraction of sp³-hybridized carbons (Fsp3) is 0. The molecule has 2 rings (SSSR count). The van der Waals surface area contributed by atoms with Gasteiger partial charge in [0.1, 0.15) is 20.4 Å². The summed E-state index contributed by atoms with van der Waals surface area (Å²) in [6.07, 6.45) is 0. The van der Waals surface area contributed by atoms with Crippen molar-refractivity contribution in [1.82, 2.24) is 9.97 Å². The molecule has 2 nitrogen and oxygen atoms in total. The largest absolute Gasteiger partial charge is 0.229 e. The van der Waals surface area contributed by atoms with Crippen molar-refractivity contribution in [2.24, 2.45) is 0 Å². The number of aromatic nitrogens is 2. The molecule has 0 amide bonds. The van der Waals surface area contributed by atoms with Gasteiger partial charge < -0.3 is 0 Å². The molecule has 0 spiro atoms. The first-order valence-corrected chi connectivity index (χ1v) is 10.2. The van der Waals surface area contributed by atoms with Crippen molar-refractivity contribution >= 4 is 64.4 Å². The van der Waals surface area contributed by atoms with Crippen LogP contribution in [-0.4, -0.2) is 9.97 Å². The molecule has 0 aliphatic carbocycles. The van der Waals surface area contributed by atoms with Gasteiger partial charge in [-0.25, -0.2) is 9.97 Å². The molecule has 2 aromatic heterocycles. The molecule has 0 saturated heterocycles. The van der Waals surface area contributed by atoms with Crippen LogP contribution in [0.3, 0.4) is 0 Å². The number of hydrogen-bond donors (Lipinski definition) is 0. The second-order valence-electron chi connectivity index (χ2n) is 2.90. The smallest absolute Gasteiger partial charge is 0.130 e. The zero-order valence-corrected chi connectivity index (χ0v) is 13.5. The minimum Gasteiger partial charge on any atom is -0.229 e. The average Bonchev–Trinajstić information content (AvgIpc) is 2.35. The van der Waals surface area contributed by atoms with Crippen LogP contribution in [0.4, 0.5) is 0 Å². The maximum Gasteiger partial charge on any atom is 0.130 e. The third kappa shape index (κ3) is 5.11. The normalized spacial score (nSPS) is 10.6. The van der Waals surface area contributed by atoms with Crippen LogP contribution in [0.5, 0.6) is 0 Å². The van der Waals surface area contributed by atoms with Crippen LogP contribution in [0.1, 0.15) is 0 Å². The maximum absolute atomic E-state index is 5.80. The van der Waals surface area contributed by atoms with Gasteiger partial charge in [0.2, 0.25) is 0 Å². The third-order valence-corrected chi connectivity index (χ3v) is 7.88. The Morgan fingerprint density at radius 1 is 0.722 bits per heavy atom. The van der Waals surface area contributed by atoms with Crippen LogP contribution in [0.15, 0.2) is 46.5 Å². The zero-order chi connectivity index (χ0) is 12.8. The van der Waals surface area contributed by atoms with Crippen LogP contribution in [-0.2, 0) is 0 Å². The first-order chi connectivity index (χ1) is 8.74. The van der Waals surface area contributed by atoms with E-state index in [0.29, 0.717) is 10.3 Å². The molecule has 18 heavy (non-hydrogen) atoms. The Morgan fingerprint density at radius 3 is 1.56 bits per heavy atom. The zero-order valence-electron chi connectivity index (χ0n) is 8.75. The molecule has 94 valence electrons. The standard InChI is InChI=1S/C10H6Cl2N2S4/c11-7-3-1-5-9(13-7)15-17-18-16-10-6-2-4-8(12)14-10/h1-6H. The first kappa shape index (κ1) is 14.7. The first-order valence-electron chi connectivity index (χ1n) is 4.67. The predicted octanol–water partition coefficient (Wildman–Crippen LogP) is 5.88. The molecule has 8 heteroatoms. The number of rotatable bonds is 5. The fourth-order valence-electron chi connectivity index (χ4n) is 0.970. The van der Waals surface area contributed by atoms with Gasteiger partial charge in [-0.05, 0) is 65.5 Å². The highest BCUT2D eigenvalue weighted by Crippen LogP contribution is 2.48. The van der Waals surface area contributed by atoms with Crippen LogP contribution in [0, 0.1) is 0 Å². The maximum atomic E-state index is 5.80. The predicted molar refractivity (Wildman–Crippen MR) is 85.4 cm³/mol.